The number of anilines is 1. The fourth-order valence-electron chi connectivity index (χ4n) is 3.27. The van der Waals surface area contributed by atoms with E-state index in [4.69, 9.17) is 27.9 Å². The Hall–Kier alpha value is -4.21. The maximum atomic E-state index is 13.0. The number of nitro groups is 1. The average Bonchev–Trinajstić information content (AvgIpc) is 2.82. The van der Waals surface area contributed by atoms with Gasteiger partial charge in [-0.15, -0.1) is 0 Å². The highest BCUT2D eigenvalue weighted by Crippen LogP contribution is 2.29. The molecule has 1 N–H and O–H groups in total. The molecule has 0 aromatic heterocycles. The van der Waals surface area contributed by atoms with E-state index < -0.39 is 22.8 Å². The van der Waals surface area contributed by atoms with Crippen LogP contribution in [-0.4, -0.2) is 22.8 Å². The zero-order valence-electron chi connectivity index (χ0n) is 17.7. The number of imide groups is 2. The minimum absolute atomic E-state index is 0.0518. The minimum Gasteiger partial charge on any atom is -0.487 e. The first-order valence-electron chi connectivity index (χ1n) is 10.1. The van der Waals surface area contributed by atoms with Crippen molar-refractivity contribution in [2.45, 2.75) is 6.61 Å². The van der Waals surface area contributed by atoms with Gasteiger partial charge >= 0.3 is 6.03 Å². The zero-order chi connectivity index (χ0) is 25.1. The average molecular weight is 512 g/mol. The number of amides is 4. The Balaban J connectivity index is 1.57. The van der Waals surface area contributed by atoms with E-state index in [9.17, 15) is 24.5 Å². The number of halogens is 2. The standard InChI is InChI=1S/C24H15Cl2N3O6/c25-16-7-4-14(5-8-16)13-35-21-9-6-15(11-20(21)26)10-19-22(30)27-24(32)28(23(19)31)17-2-1-3-18(12-17)29(33)34/h1-12H,13H2,(H,27,30,32)/b19-10+. The van der Waals surface area contributed by atoms with Crippen molar-refractivity contribution >= 4 is 58.5 Å². The third-order valence-electron chi connectivity index (χ3n) is 4.97. The summed E-state index contributed by atoms with van der Waals surface area (Å²) >= 11 is 12.2. The first kappa shape index (κ1) is 23.9. The number of hydrogen-bond donors (Lipinski definition) is 1. The van der Waals surface area contributed by atoms with Crippen LogP contribution in [-0.2, 0) is 16.2 Å². The molecule has 35 heavy (non-hydrogen) atoms. The lowest BCUT2D eigenvalue weighted by molar-refractivity contribution is -0.384. The quantitative estimate of drug-likeness (QED) is 0.211. The van der Waals surface area contributed by atoms with Crippen LogP contribution in [0.2, 0.25) is 10.0 Å². The number of nitro benzene ring substituents is 1. The molecule has 9 nitrogen and oxygen atoms in total. The van der Waals surface area contributed by atoms with Crippen LogP contribution in [0, 0.1) is 10.1 Å². The molecule has 4 amide bonds. The van der Waals surface area contributed by atoms with Gasteiger partial charge in [0.1, 0.15) is 17.9 Å². The fraction of sp³-hybridized carbons (Fsp3) is 0.0417. The monoisotopic (exact) mass is 511 g/mol. The number of nitrogens with zero attached hydrogens (tertiary/aromatic N) is 2. The highest BCUT2D eigenvalue weighted by atomic mass is 35.5. The van der Waals surface area contributed by atoms with Crippen molar-refractivity contribution in [3.05, 3.63) is 104 Å². The van der Waals surface area contributed by atoms with E-state index in [1.54, 1.807) is 24.3 Å². The second-order valence-electron chi connectivity index (χ2n) is 7.34. The van der Waals surface area contributed by atoms with Crippen molar-refractivity contribution in [2.24, 2.45) is 0 Å². The molecule has 11 heteroatoms. The summed E-state index contributed by atoms with van der Waals surface area (Å²) in [5, 5.41) is 14.0. The van der Waals surface area contributed by atoms with Crippen LogP contribution in [0.1, 0.15) is 11.1 Å². The number of benzene rings is 3. The molecule has 1 aliphatic rings. The number of barbiturate groups is 1. The molecule has 1 saturated heterocycles. The predicted octanol–water partition coefficient (Wildman–Crippen LogP) is 5.15. The molecule has 176 valence electrons. The molecule has 3 aromatic rings. The predicted molar refractivity (Wildman–Crippen MR) is 129 cm³/mol. The Labute approximate surface area is 208 Å². The lowest BCUT2D eigenvalue weighted by Gasteiger charge is -2.26. The van der Waals surface area contributed by atoms with Crippen molar-refractivity contribution in [1.82, 2.24) is 5.32 Å². The highest BCUT2D eigenvalue weighted by molar-refractivity contribution is 6.39. The van der Waals surface area contributed by atoms with E-state index in [0.717, 1.165) is 11.6 Å². The summed E-state index contributed by atoms with van der Waals surface area (Å²) in [6.07, 6.45) is 1.27. The van der Waals surface area contributed by atoms with E-state index in [1.807, 2.05) is 12.1 Å². The summed E-state index contributed by atoms with van der Waals surface area (Å²) in [6.45, 7) is 0.249. The molecule has 1 aliphatic heterocycles. The number of nitrogens with one attached hydrogen (secondary N) is 1. The summed E-state index contributed by atoms with van der Waals surface area (Å²) in [6, 6.07) is 15.7. The molecular weight excluding hydrogens is 497 g/mol. The van der Waals surface area contributed by atoms with Gasteiger partial charge in [-0.3, -0.25) is 25.0 Å². The number of carbonyl (C=O) groups is 3. The molecule has 0 saturated carbocycles. The van der Waals surface area contributed by atoms with Gasteiger partial charge in [-0.2, -0.15) is 0 Å². The molecule has 1 heterocycles. The SMILES string of the molecule is O=C1NC(=O)N(c2cccc([N+](=O)[O-])c2)C(=O)/C1=C/c1ccc(OCc2ccc(Cl)cc2)c(Cl)c1. The third kappa shape index (κ3) is 5.32. The Morgan fingerprint density at radius 1 is 1.00 bits per heavy atom. The van der Waals surface area contributed by atoms with Gasteiger partial charge in [0.25, 0.3) is 17.5 Å². The van der Waals surface area contributed by atoms with E-state index in [0.29, 0.717) is 21.2 Å². The Kier molecular flexibility index (Phi) is 6.81. The van der Waals surface area contributed by atoms with E-state index >= 15 is 0 Å². The molecule has 4 rings (SSSR count). The number of hydrogen-bond acceptors (Lipinski definition) is 6. The lowest BCUT2D eigenvalue weighted by atomic mass is 10.1. The largest absolute Gasteiger partial charge is 0.487 e. The number of carbonyl (C=O) groups excluding carboxylic acids is 3. The fourth-order valence-corrected chi connectivity index (χ4v) is 3.64. The smallest absolute Gasteiger partial charge is 0.335 e. The van der Waals surface area contributed by atoms with Gasteiger partial charge in [0.15, 0.2) is 0 Å². The van der Waals surface area contributed by atoms with Gasteiger partial charge in [0, 0.05) is 17.2 Å². The summed E-state index contributed by atoms with van der Waals surface area (Å²) in [5.41, 5.74) is 0.574. The Morgan fingerprint density at radius 2 is 1.74 bits per heavy atom. The van der Waals surface area contributed by atoms with Crippen molar-refractivity contribution in [2.75, 3.05) is 4.90 Å². The third-order valence-corrected chi connectivity index (χ3v) is 5.52. The molecule has 1 fully saturated rings. The van der Waals surface area contributed by atoms with Gasteiger partial charge in [-0.1, -0.05) is 47.5 Å². The Morgan fingerprint density at radius 3 is 2.43 bits per heavy atom. The summed E-state index contributed by atoms with van der Waals surface area (Å²) < 4.78 is 5.72. The van der Waals surface area contributed by atoms with Gasteiger partial charge in [0.2, 0.25) is 0 Å². The molecular formula is C24H15Cl2N3O6. The first-order valence-corrected chi connectivity index (χ1v) is 10.8. The molecule has 0 spiro atoms. The van der Waals surface area contributed by atoms with Crippen molar-refractivity contribution < 1.29 is 24.0 Å². The highest BCUT2D eigenvalue weighted by Gasteiger charge is 2.37. The van der Waals surface area contributed by atoms with Crippen LogP contribution in [0.15, 0.2) is 72.3 Å². The second kappa shape index (κ2) is 9.96. The van der Waals surface area contributed by atoms with Crippen molar-refractivity contribution in [3.8, 4) is 5.75 Å². The van der Waals surface area contributed by atoms with E-state index in [2.05, 4.69) is 5.32 Å². The van der Waals surface area contributed by atoms with Gasteiger partial charge in [-0.25, -0.2) is 9.69 Å². The van der Waals surface area contributed by atoms with Crippen molar-refractivity contribution in [1.29, 1.82) is 0 Å². The number of rotatable bonds is 6. The van der Waals surface area contributed by atoms with Crippen LogP contribution in [0.4, 0.5) is 16.2 Å². The van der Waals surface area contributed by atoms with Crippen LogP contribution < -0.4 is 15.0 Å². The summed E-state index contributed by atoms with van der Waals surface area (Å²) in [4.78, 5) is 48.8. The molecule has 3 aromatic carbocycles. The van der Waals surface area contributed by atoms with Crippen molar-refractivity contribution in [3.63, 3.8) is 0 Å². The summed E-state index contributed by atoms with van der Waals surface area (Å²) in [5.74, 6) is -1.45. The number of non-ortho nitro benzene ring substituents is 1. The molecule has 0 unspecified atom stereocenters. The van der Waals surface area contributed by atoms with Crippen LogP contribution in [0.25, 0.3) is 6.08 Å². The minimum atomic E-state index is -1.01. The van der Waals surface area contributed by atoms with Crippen LogP contribution in [0.3, 0.4) is 0 Å². The zero-order valence-corrected chi connectivity index (χ0v) is 19.2. The number of ether oxygens (including phenoxy) is 1. The topological polar surface area (TPSA) is 119 Å². The van der Waals surface area contributed by atoms with Gasteiger partial charge in [0.05, 0.1) is 15.6 Å². The summed E-state index contributed by atoms with van der Waals surface area (Å²) in [7, 11) is 0. The van der Waals surface area contributed by atoms with E-state index in [1.165, 1.54) is 30.3 Å². The maximum Gasteiger partial charge on any atom is 0.335 e. The second-order valence-corrected chi connectivity index (χ2v) is 8.18. The van der Waals surface area contributed by atoms with E-state index in [-0.39, 0.29) is 28.6 Å². The van der Waals surface area contributed by atoms with Gasteiger partial charge in [-0.05, 0) is 47.5 Å². The van der Waals surface area contributed by atoms with Crippen LogP contribution in [0.5, 0.6) is 5.75 Å². The lowest BCUT2D eigenvalue weighted by Crippen LogP contribution is -2.54. The number of urea groups is 1. The van der Waals surface area contributed by atoms with Gasteiger partial charge < -0.3 is 4.74 Å². The maximum absolute atomic E-state index is 13.0. The molecule has 0 bridgehead atoms. The molecule has 0 atom stereocenters. The van der Waals surface area contributed by atoms with Crippen LogP contribution >= 0.6 is 23.2 Å². The Bertz CT molecular complexity index is 1390. The first-order chi connectivity index (χ1) is 16.7. The molecule has 0 aliphatic carbocycles. The normalized spacial score (nSPS) is 14.7. The molecule has 0 radical (unpaired) electrons.